The number of carbonyl (C=O) groups excluding carboxylic acids is 1. The molecule has 6 heteroatoms. The third-order valence-electron chi connectivity index (χ3n) is 11.5. The molecule has 0 unspecified atom stereocenters. The van der Waals surface area contributed by atoms with Crippen molar-refractivity contribution < 1.29 is 24.1 Å². The summed E-state index contributed by atoms with van der Waals surface area (Å²) in [6.45, 7) is 11.2. The summed E-state index contributed by atoms with van der Waals surface area (Å²) >= 11 is 0. The van der Waals surface area contributed by atoms with E-state index in [1.165, 1.54) is 39.2 Å². The molecule has 4 aliphatic carbocycles. The average Bonchev–Trinajstić information content (AvgIpc) is 3.42. The van der Waals surface area contributed by atoms with Crippen LogP contribution in [0, 0.1) is 40.4 Å². The fourth-order valence-corrected chi connectivity index (χ4v) is 9.56. The molecule has 5 fully saturated rings. The van der Waals surface area contributed by atoms with Gasteiger partial charge in [0.1, 0.15) is 6.04 Å². The molecule has 0 amide bonds. The summed E-state index contributed by atoms with van der Waals surface area (Å²) in [5.74, 6) is 2.56. The van der Waals surface area contributed by atoms with Crippen molar-refractivity contribution in [3.63, 3.8) is 0 Å². The Morgan fingerprint density at radius 2 is 1.74 bits per heavy atom. The molecule has 4 saturated carbocycles. The Hall–Kier alpha value is -0.690. The second-order valence-corrected chi connectivity index (χ2v) is 13.6. The molecule has 1 saturated heterocycles. The zero-order chi connectivity index (χ0) is 25.1. The normalized spacial score (nSPS) is 45.1. The van der Waals surface area contributed by atoms with Gasteiger partial charge in [-0.05, 0) is 92.8 Å². The van der Waals surface area contributed by atoms with Crippen LogP contribution in [0.4, 0.5) is 0 Å². The summed E-state index contributed by atoms with van der Waals surface area (Å²) in [6.07, 6.45) is 10.7. The molecular formula is C29H49NO5. The van der Waals surface area contributed by atoms with E-state index in [9.17, 15) is 9.90 Å². The maximum atomic E-state index is 12.3. The summed E-state index contributed by atoms with van der Waals surface area (Å²) in [7, 11) is 1.45. The van der Waals surface area contributed by atoms with Crippen LogP contribution in [-0.2, 0) is 19.0 Å². The van der Waals surface area contributed by atoms with Crippen molar-refractivity contribution in [1.29, 1.82) is 0 Å². The lowest BCUT2D eigenvalue weighted by molar-refractivity contribution is -0.249. The maximum Gasteiger partial charge on any atom is 0.322 e. The third-order valence-corrected chi connectivity index (χ3v) is 11.5. The highest BCUT2D eigenvalue weighted by Gasteiger charge is 2.67. The van der Waals surface area contributed by atoms with Crippen LogP contribution in [0.2, 0.25) is 0 Å². The summed E-state index contributed by atoms with van der Waals surface area (Å²) in [6, 6.07) is -0.348. The van der Waals surface area contributed by atoms with Crippen molar-refractivity contribution in [2.24, 2.45) is 40.4 Å². The van der Waals surface area contributed by atoms with Crippen LogP contribution in [0.15, 0.2) is 0 Å². The van der Waals surface area contributed by atoms with Crippen LogP contribution in [0.25, 0.3) is 0 Å². The zero-order valence-electron chi connectivity index (χ0n) is 22.7. The molecule has 35 heavy (non-hydrogen) atoms. The van der Waals surface area contributed by atoms with E-state index in [2.05, 4.69) is 33.0 Å². The van der Waals surface area contributed by atoms with Crippen LogP contribution in [0.1, 0.15) is 91.9 Å². The van der Waals surface area contributed by atoms with Gasteiger partial charge in [-0.2, -0.15) is 0 Å². The molecule has 5 aliphatic rings. The first-order valence-electron chi connectivity index (χ1n) is 14.4. The van der Waals surface area contributed by atoms with Gasteiger partial charge in [-0.3, -0.25) is 4.79 Å². The Bertz CT molecular complexity index is 796. The van der Waals surface area contributed by atoms with E-state index in [4.69, 9.17) is 14.2 Å². The van der Waals surface area contributed by atoms with Gasteiger partial charge in [0.2, 0.25) is 0 Å². The van der Waals surface area contributed by atoms with Gasteiger partial charge in [0, 0.05) is 18.4 Å². The molecule has 6 nitrogen and oxygen atoms in total. The minimum Gasteiger partial charge on any atom is -0.468 e. The molecule has 1 heterocycles. The number of hydrogen-bond acceptors (Lipinski definition) is 6. The summed E-state index contributed by atoms with van der Waals surface area (Å²) in [5.41, 5.74) is -0.303. The molecule has 0 radical (unpaired) electrons. The molecule has 5 rings (SSSR count). The highest BCUT2D eigenvalue weighted by molar-refractivity contribution is 5.75. The number of fused-ring (bicyclic) bond motifs is 6. The van der Waals surface area contributed by atoms with Crippen molar-refractivity contribution in [1.82, 2.24) is 5.32 Å². The van der Waals surface area contributed by atoms with E-state index in [-0.39, 0.29) is 23.2 Å². The van der Waals surface area contributed by atoms with Crippen LogP contribution in [0.5, 0.6) is 0 Å². The van der Waals surface area contributed by atoms with Crippen LogP contribution < -0.4 is 5.32 Å². The Kier molecular flexibility index (Phi) is 6.86. The monoisotopic (exact) mass is 491 g/mol. The standard InChI is InChI=1S/C29H49NO5/c1-19(2)16-24(25(31)33-5)30-18-28(32)13-12-26(3)20(17-28)6-7-21-22(26)8-10-27(4)23(21)9-11-29(27)34-14-15-35-29/h19-24,30,32H,6-18H2,1-5H3/t20-,21+,22-,23-,24+,26-,27-,28+/m0/s1. The first-order valence-corrected chi connectivity index (χ1v) is 14.4. The molecule has 2 N–H and O–H groups in total. The fourth-order valence-electron chi connectivity index (χ4n) is 9.56. The van der Waals surface area contributed by atoms with Gasteiger partial charge in [0.15, 0.2) is 5.79 Å². The number of methoxy groups -OCH3 is 1. The van der Waals surface area contributed by atoms with Crippen molar-refractivity contribution in [3.8, 4) is 0 Å². The molecule has 1 aliphatic heterocycles. The second kappa shape index (κ2) is 9.25. The quantitative estimate of drug-likeness (QED) is 0.526. The lowest BCUT2D eigenvalue weighted by atomic mass is 9.44. The van der Waals surface area contributed by atoms with Crippen molar-refractivity contribution in [2.75, 3.05) is 26.9 Å². The second-order valence-electron chi connectivity index (χ2n) is 13.6. The molecular weight excluding hydrogens is 442 g/mol. The van der Waals surface area contributed by atoms with Gasteiger partial charge >= 0.3 is 5.97 Å². The molecule has 200 valence electrons. The van der Waals surface area contributed by atoms with Gasteiger partial charge in [-0.15, -0.1) is 0 Å². The number of esters is 1. The smallest absolute Gasteiger partial charge is 0.322 e. The van der Waals surface area contributed by atoms with Crippen molar-refractivity contribution >= 4 is 5.97 Å². The average molecular weight is 492 g/mol. The highest BCUT2D eigenvalue weighted by Crippen LogP contribution is 2.69. The van der Waals surface area contributed by atoms with Crippen LogP contribution >= 0.6 is 0 Å². The first kappa shape index (κ1) is 25.9. The molecule has 0 aromatic carbocycles. The SMILES string of the molecule is COC(=O)[C@@H](CC(C)C)NC[C@@]1(O)CC[C@@]2(C)[C@@H](CC[C@@H]3[C@@H]2CC[C@@]2(C)[C@H]3CCC23OCCO3)C1. The van der Waals surface area contributed by atoms with E-state index < -0.39 is 5.60 Å². The van der Waals surface area contributed by atoms with Gasteiger partial charge in [0.25, 0.3) is 0 Å². The lowest BCUT2D eigenvalue weighted by Crippen LogP contribution is -2.59. The van der Waals surface area contributed by atoms with Gasteiger partial charge < -0.3 is 24.6 Å². The van der Waals surface area contributed by atoms with E-state index in [0.29, 0.717) is 29.7 Å². The summed E-state index contributed by atoms with van der Waals surface area (Å²) in [5, 5.41) is 15.0. The van der Waals surface area contributed by atoms with Crippen LogP contribution in [0.3, 0.4) is 0 Å². The topological polar surface area (TPSA) is 77.0 Å². The fraction of sp³-hybridized carbons (Fsp3) is 0.966. The highest BCUT2D eigenvalue weighted by atomic mass is 16.7. The number of rotatable bonds is 6. The van der Waals surface area contributed by atoms with Crippen LogP contribution in [-0.4, -0.2) is 55.4 Å². The van der Waals surface area contributed by atoms with Gasteiger partial charge in [-0.1, -0.05) is 27.7 Å². The van der Waals surface area contributed by atoms with Crippen molar-refractivity contribution in [3.05, 3.63) is 0 Å². The van der Waals surface area contributed by atoms with E-state index in [0.717, 1.165) is 57.2 Å². The number of ether oxygens (including phenoxy) is 3. The summed E-state index contributed by atoms with van der Waals surface area (Å²) < 4.78 is 17.6. The minimum atomic E-state index is -0.744. The molecule has 0 aromatic rings. The van der Waals surface area contributed by atoms with Gasteiger partial charge in [0.05, 0.1) is 25.9 Å². The predicted molar refractivity (Wildman–Crippen MR) is 135 cm³/mol. The predicted octanol–water partition coefficient (Wildman–Crippen LogP) is 4.68. The Labute approximate surface area is 212 Å². The first-order chi connectivity index (χ1) is 16.6. The zero-order valence-corrected chi connectivity index (χ0v) is 22.7. The van der Waals surface area contributed by atoms with Gasteiger partial charge in [-0.25, -0.2) is 0 Å². The number of aliphatic hydroxyl groups is 1. The molecule has 8 atom stereocenters. The number of hydrogen-bond donors (Lipinski definition) is 2. The Morgan fingerprint density at radius 3 is 2.43 bits per heavy atom. The number of carbonyl (C=O) groups is 1. The molecule has 0 bridgehead atoms. The Morgan fingerprint density at radius 1 is 1.03 bits per heavy atom. The van der Waals surface area contributed by atoms with Crippen molar-refractivity contribution in [2.45, 2.75) is 109 Å². The lowest BCUT2D eigenvalue weighted by Gasteiger charge is -2.62. The van der Waals surface area contributed by atoms with E-state index >= 15 is 0 Å². The van der Waals surface area contributed by atoms with E-state index in [1.807, 2.05) is 0 Å². The number of nitrogens with one attached hydrogen (secondary N) is 1. The molecule has 1 spiro atoms. The largest absolute Gasteiger partial charge is 0.468 e. The molecule has 0 aromatic heterocycles. The Balaban J connectivity index is 1.26. The maximum absolute atomic E-state index is 12.3. The summed E-state index contributed by atoms with van der Waals surface area (Å²) in [4.78, 5) is 12.3. The third kappa shape index (κ3) is 4.19. The minimum absolute atomic E-state index is 0.145. The van der Waals surface area contributed by atoms with E-state index in [1.54, 1.807) is 0 Å².